The zero-order chi connectivity index (χ0) is 31.9. The van der Waals surface area contributed by atoms with Crippen molar-refractivity contribution in [2.24, 2.45) is 0 Å². The van der Waals surface area contributed by atoms with Gasteiger partial charge in [0.25, 0.3) is 5.91 Å². The number of nitrogens with zero attached hydrogens (tertiary/aromatic N) is 2. The van der Waals surface area contributed by atoms with Crippen molar-refractivity contribution in [3.05, 3.63) is 101 Å². The van der Waals surface area contributed by atoms with Crippen LogP contribution in [0.1, 0.15) is 11.1 Å². The minimum absolute atomic E-state index is 0.116. The van der Waals surface area contributed by atoms with Gasteiger partial charge in [0.15, 0.2) is 6.61 Å². The van der Waals surface area contributed by atoms with Crippen molar-refractivity contribution in [1.29, 1.82) is 0 Å². The molecule has 0 spiro atoms. The average Bonchev–Trinajstić information content (AvgIpc) is 3.34. The first-order chi connectivity index (χ1) is 22.4. The summed E-state index contributed by atoms with van der Waals surface area (Å²) in [6.07, 6.45) is 2.50. The van der Waals surface area contributed by atoms with E-state index in [1.54, 1.807) is 17.0 Å². The molecule has 1 N–H and O–H groups in total. The van der Waals surface area contributed by atoms with Gasteiger partial charge in [-0.2, -0.15) is 0 Å². The van der Waals surface area contributed by atoms with Crippen LogP contribution in [-0.4, -0.2) is 83.7 Å². The highest BCUT2D eigenvalue weighted by Crippen LogP contribution is 2.36. The molecule has 1 amide bonds. The highest BCUT2D eigenvalue weighted by Gasteiger charge is 2.31. The fourth-order valence-electron chi connectivity index (χ4n) is 5.44. The molecule has 236 valence electrons. The van der Waals surface area contributed by atoms with Crippen LogP contribution in [0.25, 0.3) is 28.0 Å². The molecule has 2 aliphatic heterocycles. The quantitative estimate of drug-likeness (QED) is 0.143. The van der Waals surface area contributed by atoms with E-state index in [1.807, 2.05) is 42.5 Å². The van der Waals surface area contributed by atoms with Gasteiger partial charge in [0.05, 0.1) is 18.1 Å². The minimum Gasteiger partial charge on any atom is -0.492 e. The van der Waals surface area contributed by atoms with E-state index in [-0.39, 0.29) is 5.91 Å². The third-order valence-corrected chi connectivity index (χ3v) is 9.29. The first-order valence-corrected chi connectivity index (χ1v) is 16.4. The van der Waals surface area contributed by atoms with E-state index >= 15 is 0 Å². The van der Waals surface area contributed by atoms with Crippen LogP contribution in [0.5, 0.6) is 11.5 Å². The summed E-state index contributed by atoms with van der Waals surface area (Å²) in [4.78, 5) is 28.7. The average molecular weight is 655 g/mol. The number of carboxylic acids is 1. The largest absolute Gasteiger partial charge is 0.492 e. The number of amides is 1. The number of carbonyl (C=O) groups is 2. The summed E-state index contributed by atoms with van der Waals surface area (Å²) in [5.74, 6) is 0.138. The number of thioether (sulfide) groups is 1. The number of fused-ring (bicyclic) bond motifs is 1. The summed E-state index contributed by atoms with van der Waals surface area (Å²) in [6, 6.07) is 27.9. The summed E-state index contributed by atoms with van der Waals surface area (Å²) < 4.78 is 17.6. The number of carboxylic acid groups (broad SMARTS) is 1. The Morgan fingerprint density at radius 1 is 0.935 bits per heavy atom. The van der Waals surface area contributed by atoms with Crippen molar-refractivity contribution < 1.29 is 28.9 Å². The van der Waals surface area contributed by atoms with Gasteiger partial charge >= 0.3 is 5.97 Å². The van der Waals surface area contributed by atoms with Crippen molar-refractivity contribution in [2.45, 2.75) is 6.42 Å². The van der Waals surface area contributed by atoms with E-state index in [1.165, 1.54) is 17.1 Å². The molecule has 10 heteroatoms. The van der Waals surface area contributed by atoms with Gasteiger partial charge in [-0.15, -0.1) is 0 Å². The Hall–Kier alpha value is -4.22. The van der Waals surface area contributed by atoms with E-state index in [9.17, 15) is 9.59 Å². The highest BCUT2D eigenvalue weighted by molar-refractivity contribution is 8.26. The fraction of sp³-hybridized carbons (Fsp3) is 0.250. The maximum atomic E-state index is 13.4. The number of ether oxygens (including phenoxy) is 3. The molecule has 0 aliphatic carbocycles. The number of thiocarbonyl (C=S) groups is 1. The van der Waals surface area contributed by atoms with Gasteiger partial charge < -0.3 is 19.3 Å². The second kappa shape index (κ2) is 14.9. The zero-order valence-corrected chi connectivity index (χ0v) is 26.9. The van der Waals surface area contributed by atoms with Gasteiger partial charge in [-0.1, -0.05) is 78.6 Å². The monoisotopic (exact) mass is 654 g/mol. The smallest absolute Gasteiger partial charge is 0.341 e. The van der Waals surface area contributed by atoms with Gasteiger partial charge in [0.1, 0.15) is 22.4 Å². The van der Waals surface area contributed by atoms with Crippen LogP contribution in [0.15, 0.2) is 89.8 Å². The van der Waals surface area contributed by atoms with E-state index in [0.717, 1.165) is 66.2 Å². The number of hydrogen-bond donors (Lipinski definition) is 1. The van der Waals surface area contributed by atoms with Crippen LogP contribution in [0.2, 0.25) is 0 Å². The molecule has 2 heterocycles. The Kier molecular flexibility index (Phi) is 10.3. The molecular weight excluding hydrogens is 621 g/mol. The second-order valence-electron chi connectivity index (χ2n) is 11.0. The number of rotatable bonds is 12. The molecule has 2 saturated heterocycles. The van der Waals surface area contributed by atoms with Gasteiger partial charge in [-0.25, -0.2) is 4.79 Å². The number of aliphatic carboxylic acids is 1. The third-order valence-electron chi connectivity index (χ3n) is 7.91. The zero-order valence-electron chi connectivity index (χ0n) is 25.2. The first kappa shape index (κ1) is 31.7. The number of benzene rings is 4. The molecule has 0 bridgehead atoms. The Morgan fingerprint density at radius 2 is 1.72 bits per heavy atom. The summed E-state index contributed by atoms with van der Waals surface area (Å²) in [6.45, 7) is 4.77. The lowest BCUT2D eigenvalue weighted by molar-refractivity contribution is -0.139. The maximum absolute atomic E-state index is 13.4. The molecule has 0 atom stereocenters. The predicted molar refractivity (Wildman–Crippen MR) is 185 cm³/mol. The lowest BCUT2D eigenvalue weighted by Crippen LogP contribution is -2.38. The molecule has 46 heavy (non-hydrogen) atoms. The molecule has 2 aliphatic rings. The molecule has 0 radical (unpaired) electrons. The topological polar surface area (TPSA) is 88.5 Å². The molecular formula is C36H34N2O6S2. The summed E-state index contributed by atoms with van der Waals surface area (Å²) in [7, 11) is 0. The van der Waals surface area contributed by atoms with Gasteiger partial charge in [-0.3, -0.25) is 14.6 Å². The normalized spacial score (nSPS) is 16.3. The Morgan fingerprint density at radius 3 is 2.50 bits per heavy atom. The number of carbonyl (C=O) groups excluding carboxylic acids is 1. The first-order valence-electron chi connectivity index (χ1n) is 15.2. The van der Waals surface area contributed by atoms with Gasteiger partial charge in [0, 0.05) is 31.7 Å². The molecule has 2 fully saturated rings. The van der Waals surface area contributed by atoms with Crippen molar-refractivity contribution in [3.63, 3.8) is 0 Å². The Balaban J connectivity index is 1.18. The lowest BCUT2D eigenvalue weighted by atomic mass is 9.98. The van der Waals surface area contributed by atoms with Crippen LogP contribution in [0, 0.1) is 0 Å². The molecule has 6 rings (SSSR count). The second-order valence-corrected chi connectivity index (χ2v) is 12.7. The van der Waals surface area contributed by atoms with Gasteiger partial charge in [-0.05, 0) is 70.3 Å². The number of morpholine rings is 1. The summed E-state index contributed by atoms with van der Waals surface area (Å²) in [5.41, 5.74) is 3.89. The molecule has 4 aromatic rings. The third kappa shape index (κ3) is 7.94. The van der Waals surface area contributed by atoms with E-state index in [0.29, 0.717) is 34.5 Å². The van der Waals surface area contributed by atoms with Crippen molar-refractivity contribution >= 4 is 57.0 Å². The minimum atomic E-state index is -1.03. The van der Waals surface area contributed by atoms with Crippen molar-refractivity contribution in [3.8, 4) is 22.6 Å². The molecule has 0 unspecified atom stereocenters. The summed E-state index contributed by atoms with van der Waals surface area (Å²) in [5, 5.41) is 11.1. The van der Waals surface area contributed by atoms with Crippen molar-refractivity contribution in [1.82, 2.24) is 9.80 Å². The lowest BCUT2D eigenvalue weighted by Gasteiger charge is -2.26. The van der Waals surface area contributed by atoms with E-state index < -0.39 is 12.6 Å². The Bertz CT molecular complexity index is 1770. The molecule has 8 nitrogen and oxygen atoms in total. The standard InChI is InChI=1S/C36H34N2O6S2/c39-34(40)24-44-30-10-5-25(6-11-30)13-14-38-35(41)33(46-36(38)45)22-26-7-12-32(43-20-17-37-15-18-42-19-16-37)31(21-26)29-9-8-27-3-1-2-4-28(27)23-29/h1-12,21-23H,13-20,24H2,(H,39,40)/b33-22-. The Labute approximate surface area is 277 Å². The van der Waals surface area contributed by atoms with Gasteiger partial charge in [0.2, 0.25) is 0 Å². The van der Waals surface area contributed by atoms with E-state index in [4.69, 9.17) is 31.5 Å². The highest BCUT2D eigenvalue weighted by atomic mass is 32.2. The molecule has 4 aromatic carbocycles. The van der Waals surface area contributed by atoms with E-state index in [2.05, 4.69) is 41.3 Å². The van der Waals surface area contributed by atoms with Crippen molar-refractivity contribution in [2.75, 3.05) is 52.6 Å². The van der Waals surface area contributed by atoms with Crippen LogP contribution in [0.4, 0.5) is 0 Å². The molecule has 0 saturated carbocycles. The predicted octanol–water partition coefficient (Wildman–Crippen LogP) is 6.13. The van der Waals surface area contributed by atoms with Crippen LogP contribution in [0.3, 0.4) is 0 Å². The van der Waals surface area contributed by atoms with Crippen LogP contribution < -0.4 is 9.47 Å². The summed E-state index contributed by atoms with van der Waals surface area (Å²) >= 11 is 6.90. The van der Waals surface area contributed by atoms with Crippen LogP contribution >= 0.6 is 24.0 Å². The SMILES string of the molecule is O=C(O)COc1ccc(CCN2C(=O)/C(=C/c3ccc(OCCN4CCOCC4)c(-c4ccc5ccccc5c4)c3)SC2=S)cc1. The van der Waals surface area contributed by atoms with Crippen LogP contribution in [-0.2, 0) is 20.7 Å². The number of hydrogen-bond acceptors (Lipinski definition) is 8. The maximum Gasteiger partial charge on any atom is 0.341 e. The fourth-order valence-corrected chi connectivity index (χ4v) is 6.75. The molecule has 0 aromatic heterocycles.